The summed E-state index contributed by atoms with van der Waals surface area (Å²) >= 11 is 0. The fraction of sp³-hybridized carbons (Fsp3) is 0.333. The van der Waals surface area contributed by atoms with E-state index in [9.17, 15) is 22.4 Å². The van der Waals surface area contributed by atoms with E-state index in [1.54, 1.807) is 12.1 Å². The second kappa shape index (κ2) is 8.64. The van der Waals surface area contributed by atoms with Gasteiger partial charge in [0, 0.05) is 31.7 Å². The molecule has 10 heteroatoms. The zero-order valence-corrected chi connectivity index (χ0v) is 17.6. The van der Waals surface area contributed by atoms with Gasteiger partial charge in [-0.25, -0.2) is 12.8 Å². The number of benzene rings is 2. The number of amides is 2. The third-order valence-electron chi connectivity index (χ3n) is 5.41. The van der Waals surface area contributed by atoms with Gasteiger partial charge in [-0.05, 0) is 43.2 Å². The highest BCUT2D eigenvalue weighted by Gasteiger charge is 2.29. The van der Waals surface area contributed by atoms with Crippen molar-refractivity contribution in [3.8, 4) is 0 Å². The van der Waals surface area contributed by atoms with Crippen molar-refractivity contribution < 1.29 is 22.4 Å². The minimum absolute atomic E-state index is 0.0790. The predicted molar refractivity (Wildman–Crippen MR) is 114 cm³/mol. The molecular formula is C21H23FN4O4S. The van der Waals surface area contributed by atoms with Gasteiger partial charge in [-0.2, -0.15) is 4.31 Å². The van der Waals surface area contributed by atoms with E-state index >= 15 is 0 Å². The number of rotatable bonds is 5. The summed E-state index contributed by atoms with van der Waals surface area (Å²) < 4.78 is 41.4. The summed E-state index contributed by atoms with van der Waals surface area (Å²) in [6, 6.07) is 10.2. The van der Waals surface area contributed by atoms with E-state index in [0.717, 1.165) is 30.2 Å². The molecular weight excluding hydrogens is 423 g/mol. The molecule has 2 amide bonds. The maximum atomic E-state index is 14.5. The summed E-state index contributed by atoms with van der Waals surface area (Å²) in [5, 5.41) is 5.19. The van der Waals surface area contributed by atoms with Crippen LogP contribution in [0.5, 0.6) is 0 Å². The largest absolute Gasteiger partial charge is 0.370 e. The van der Waals surface area contributed by atoms with Crippen LogP contribution in [-0.2, 0) is 14.8 Å². The second-order valence-electron chi connectivity index (χ2n) is 7.50. The minimum atomic E-state index is -3.94. The Morgan fingerprint density at radius 2 is 1.81 bits per heavy atom. The minimum Gasteiger partial charge on any atom is -0.370 e. The lowest BCUT2D eigenvalue weighted by molar-refractivity contribution is -0.122. The van der Waals surface area contributed by atoms with E-state index in [1.165, 1.54) is 30.3 Å². The number of anilines is 2. The molecule has 2 saturated heterocycles. The van der Waals surface area contributed by atoms with Crippen LogP contribution in [-0.4, -0.2) is 57.3 Å². The van der Waals surface area contributed by atoms with Crippen molar-refractivity contribution in [1.29, 1.82) is 0 Å². The molecule has 2 N–H and O–H groups in total. The number of hydrogen-bond acceptors (Lipinski definition) is 5. The number of nitrogens with zero attached hydrogens (tertiary/aromatic N) is 2. The van der Waals surface area contributed by atoms with Gasteiger partial charge in [-0.15, -0.1) is 0 Å². The maximum Gasteiger partial charge on any atom is 0.255 e. The normalized spacial score (nSPS) is 17.5. The van der Waals surface area contributed by atoms with Crippen molar-refractivity contribution in [3.05, 3.63) is 53.8 Å². The lowest BCUT2D eigenvalue weighted by Crippen LogP contribution is -2.49. The average molecular weight is 447 g/mol. The zero-order chi connectivity index (χ0) is 22.0. The van der Waals surface area contributed by atoms with Crippen LogP contribution in [0.15, 0.2) is 47.4 Å². The number of halogens is 1. The van der Waals surface area contributed by atoms with Crippen molar-refractivity contribution in [1.82, 2.24) is 9.62 Å². The van der Waals surface area contributed by atoms with E-state index in [0.29, 0.717) is 5.69 Å². The Bertz CT molecular complexity index is 1120. The molecule has 31 heavy (non-hydrogen) atoms. The summed E-state index contributed by atoms with van der Waals surface area (Å²) in [5.41, 5.74) is 0.766. The monoisotopic (exact) mass is 446 g/mol. The van der Waals surface area contributed by atoms with Crippen LogP contribution in [0.3, 0.4) is 0 Å². The van der Waals surface area contributed by atoms with Crippen molar-refractivity contribution in [2.24, 2.45) is 0 Å². The van der Waals surface area contributed by atoms with Crippen LogP contribution in [0.1, 0.15) is 23.2 Å². The Kier molecular flexibility index (Phi) is 5.92. The van der Waals surface area contributed by atoms with E-state index in [2.05, 4.69) is 10.6 Å². The quantitative estimate of drug-likeness (QED) is 0.730. The first-order valence-corrected chi connectivity index (χ1v) is 11.5. The third kappa shape index (κ3) is 4.40. The molecule has 2 aliphatic rings. The Morgan fingerprint density at radius 3 is 2.55 bits per heavy atom. The molecule has 4 rings (SSSR count). The number of para-hydroxylation sites is 1. The van der Waals surface area contributed by atoms with Crippen LogP contribution in [0.25, 0.3) is 0 Å². The van der Waals surface area contributed by atoms with Crippen LogP contribution >= 0.6 is 0 Å². The van der Waals surface area contributed by atoms with Gasteiger partial charge in [0.05, 0.1) is 17.1 Å². The van der Waals surface area contributed by atoms with Crippen LogP contribution in [0.4, 0.5) is 15.8 Å². The van der Waals surface area contributed by atoms with E-state index < -0.39 is 21.7 Å². The molecule has 0 atom stereocenters. The smallest absolute Gasteiger partial charge is 0.255 e. The first-order valence-electron chi connectivity index (χ1n) is 10.1. The van der Waals surface area contributed by atoms with Gasteiger partial charge < -0.3 is 15.5 Å². The lowest BCUT2D eigenvalue weighted by Gasteiger charge is -2.26. The summed E-state index contributed by atoms with van der Waals surface area (Å²) in [5.74, 6) is -1.54. The summed E-state index contributed by atoms with van der Waals surface area (Å²) in [4.78, 5) is 26.4. The zero-order valence-electron chi connectivity index (χ0n) is 16.8. The van der Waals surface area contributed by atoms with Crippen molar-refractivity contribution in [2.75, 3.05) is 42.9 Å². The van der Waals surface area contributed by atoms with Crippen molar-refractivity contribution in [2.45, 2.75) is 17.7 Å². The molecule has 2 aromatic rings. The molecule has 0 spiro atoms. The fourth-order valence-corrected chi connectivity index (χ4v) is 5.25. The third-order valence-corrected chi connectivity index (χ3v) is 7.26. The number of carbonyl (C=O) groups is 2. The molecule has 0 aromatic heterocycles. The maximum absolute atomic E-state index is 14.5. The lowest BCUT2D eigenvalue weighted by atomic mass is 10.2. The van der Waals surface area contributed by atoms with E-state index in [4.69, 9.17) is 0 Å². The van der Waals surface area contributed by atoms with Crippen molar-refractivity contribution in [3.63, 3.8) is 0 Å². The number of sulfonamides is 1. The number of piperazine rings is 1. The van der Waals surface area contributed by atoms with Crippen LogP contribution in [0, 0.1) is 5.82 Å². The topological polar surface area (TPSA) is 98.8 Å². The molecule has 164 valence electrons. The Hall–Kier alpha value is -2.98. The number of hydrogen-bond donors (Lipinski definition) is 2. The van der Waals surface area contributed by atoms with E-state index in [1.807, 2.05) is 4.90 Å². The van der Waals surface area contributed by atoms with E-state index in [-0.39, 0.29) is 41.7 Å². The van der Waals surface area contributed by atoms with Gasteiger partial charge in [-0.1, -0.05) is 12.1 Å². The standard InChI is InChI=1S/C21H23FN4O4S/c22-17-7-4-8-18(25-10-1-2-11-25)20(17)24-21(28)15-5-3-6-16(13-15)31(29,30)26-12-9-23-19(27)14-26/h3-8,13H,1-2,9-12,14H2,(H,23,27)(H,24,28). The first kappa shape index (κ1) is 21.3. The average Bonchev–Trinajstić information content (AvgIpc) is 3.30. The Labute approximate surface area is 180 Å². The summed E-state index contributed by atoms with van der Waals surface area (Å²) in [7, 11) is -3.94. The van der Waals surface area contributed by atoms with Gasteiger partial charge in [0.1, 0.15) is 11.5 Å². The molecule has 2 aromatic carbocycles. The SMILES string of the molecule is O=C1CN(S(=O)(=O)c2cccc(C(=O)Nc3c(F)cccc3N3CCCC3)c2)CCN1. The molecule has 8 nitrogen and oxygen atoms in total. The Balaban J connectivity index is 1.59. The predicted octanol–water partition coefficient (Wildman–Crippen LogP) is 1.80. The van der Waals surface area contributed by atoms with Gasteiger partial charge >= 0.3 is 0 Å². The van der Waals surface area contributed by atoms with Gasteiger partial charge in [0.25, 0.3) is 5.91 Å². The highest BCUT2D eigenvalue weighted by atomic mass is 32.2. The highest BCUT2D eigenvalue weighted by molar-refractivity contribution is 7.89. The number of carbonyl (C=O) groups excluding carboxylic acids is 2. The first-order chi connectivity index (χ1) is 14.9. The van der Waals surface area contributed by atoms with Crippen LogP contribution < -0.4 is 15.5 Å². The molecule has 2 fully saturated rings. The second-order valence-corrected chi connectivity index (χ2v) is 9.44. The molecule has 2 heterocycles. The fourth-order valence-electron chi connectivity index (χ4n) is 3.81. The van der Waals surface area contributed by atoms with Crippen molar-refractivity contribution >= 4 is 33.2 Å². The molecule has 0 bridgehead atoms. The van der Waals surface area contributed by atoms with Gasteiger partial charge in [0.2, 0.25) is 15.9 Å². The molecule has 0 saturated carbocycles. The molecule has 2 aliphatic heterocycles. The van der Waals surface area contributed by atoms with Crippen LogP contribution in [0.2, 0.25) is 0 Å². The number of nitrogens with one attached hydrogen (secondary N) is 2. The Morgan fingerprint density at radius 1 is 1.06 bits per heavy atom. The molecule has 0 aliphatic carbocycles. The summed E-state index contributed by atoms with van der Waals surface area (Å²) in [6.45, 7) is 1.67. The molecule has 0 unspecified atom stereocenters. The highest BCUT2D eigenvalue weighted by Crippen LogP contribution is 2.31. The van der Waals surface area contributed by atoms with Gasteiger partial charge in [-0.3, -0.25) is 9.59 Å². The molecule has 0 radical (unpaired) electrons. The summed E-state index contributed by atoms with van der Waals surface area (Å²) in [6.07, 6.45) is 2.00. The van der Waals surface area contributed by atoms with Gasteiger partial charge in [0.15, 0.2) is 0 Å².